The number of fused-ring (bicyclic) bond motifs is 2. The molecule has 5 N–H and O–H groups in total. The van der Waals surface area contributed by atoms with E-state index < -0.39 is 23.4 Å². The van der Waals surface area contributed by atoms with E-state index in [9.17, 15) is 31.9 Å². The molecule has 0 bridgehead atoms. The third-order valence-electron chi connectivity index (χ3n) is 17.2. The van der Waals surface area contributed by atoms with Gasteiger partial charge in [0.2, 0.25) is 17.7 Å². The number of amides is 3. The maximum Gasteiger partial charge on any atom is 0.586 e. The molecule has 6 aromatic rings. The van der Waals surface area contributed by atoms with Crippen molar-refractivity contribution in [2.24, 2.45) is 11.1 Å². The summed E-state index contributed by atoms with van der Waals surface area (Å²) >= 11 is 5.97. The molecular formula is C64H68BClF4N6O9. The topological polar surface area (TPSA) is 194 Å². The highest BCUT2D eigenvalue weighted by Crippen LogP contribution is 2.54. The van der Waals surface area contributed by atoms with Gasteiger partial charge in [-0.25, -0.2) is 9.97 Å². The normalized spacial score (nSPS) is 20.5. The van der Waals surface area contributed by atoms with Crippen LogP contribution in [0.4, 0.5) is 29.2 Å². The van der Waals surface area contributed by atoms with Gasteiger partial charge in [0.15, 0.2) is 23.0 Å². The maximum atomic E-state index is 13.4. The third kappa shape index (κ3) is 12.4. The number of pyridine rings is 2. The van der Waals surface area contributed by atoms with Crippen LogP contribution in [0.3, 0.4) is 0 Å². The molecule has 7 aliphatic rings. The fraction of sp³-hybridized carbons (Fsp3) is 0.422. The quantitative estimate of drug-likeness (QED) is 0.0515. The number of rotatable bonds is 12. The molecule has 0 unspecified atom stereocenters. The van der Waals surface area contributed by atoms with Gasteiger partial charge in [0.05, 0.1) is 33.3 Å². The van der Waals surface area contributed by atoms with E-state index in [2.05, 4.69) is 107 Å². The van der Waals surface area contributed by atoms with Crippen LogP contribution in [-0.4, -0.2) is 58.6 Å². The molecule has 446 valence electrons. The Morgan fingerprint density at radius 1 is 0.588 bits per heavy atom. The molecule has 3 aliphatic heterocycles. The maximum absolute atomic E-state index is 13.4. The van der Waals surface area contributed by atoms with Gasteiger partial charge in [0, 0.05) is 17.5 Å². The summed E-state index contributed by atoms with van der Waals surface area (Å²) in [4.78, 5) is 47.2. The van der Waals surface area contributed by atoms with Crippen molar-refractivity contribution in [2.45, 2.75) is 166 Å². The number of benzene rings is 4. The average molecular weight is 1190 g/mol. The molecule has 2 aromatic heterocycles. The summed E-state index contributed by atoms with van der Waals surface area (Å²) in [7, 11) is -0.374. The van der Waals surface area contributed by atoms with E-state index in [0.717, 1.165) is 64.7 Å². The minimum absolute atomic E-state index is 0.00922. The zero-order chi connectivity index (χ0) is 60.9. The Morgan fingerprint density at radius 3 is 1.58 bits per heavy atom. The molecule has 85 heavy (non-hydrogen) atoms. The van der Waals surface area contributed by atoms with E-state index in [1.165, 1.54) is 24.3 Å². The number of ether oxygens (including phenoxy) is 4. The second-order valence-corrected chi connectivity index (χ2v) is 26.1. The summed E-state index contributed by atoms with van der Waals surface area (Å²) < 4.78 is 83.3. The second kappa shape index (κ2) is 21.0. The Bertz CT molecular complexity index is 3640. The number of alkyl halides is 4. The van der Waals surface area contributed by atoms with E-state index in [4.69, 9.17) is 31.6 Å². The van der Waals surface area contributed by atoms with Crippen molar-refractivity contribution < 1.29 is 60.2 Å². The first-order chi connectivity index (χ1) is 39.8. The molecule has 15 nitrogen and oxygen atoms in total. The Balaban J connectivity index is 0.000000135. The number of hydrogen-bond donors (Lipinski definition) is 4. The van der Waals surface area contributed by atoms with Crippen molar-refractivity contribution in [1.29, 1.82) is 0 Å². The molecule has 21 heteroatoms. The summed E-state index contributed by atoms with van der Waals surface area (Å²) in [6.07, 6.45) is -0.509. The van der Waals surface area contributed by atoms with Gasteiger partial charge in [0.25, 0.3) is 0 Å². The number of anilines is 2. The number of nitrogens with zero attached hydrogens (tertiary/aromatic N) is 2. The average Bonchev–Trinajstić information content (AvgIpc) is 1.73. The lowest BCUT2D eigenvalue weighted by Gasteiger charge is -2.32. The minimum Gasteiger partial charge on any atom is -0.399 e. The van der Waals surface area contributed by atoms with Gasteiger partial charge >= 0.3 is 19.7 Å². The number of aryl methyl sites for hydroxylation is 2. The summed E-state index contributed by atoms with van der Waals surface area (Å²) in [5, 5.41) is 9.25. The largest absolute Gasteiger partial charge is 0.586 e. The summed E-state index contributed by atoms with van der Waals surface area (Å²) in [6.45, 7) is 18.3. The van der Waals surface area contributed by atoms with Crippen molar-refractivity contribution in [3.63, 3.8) is 0 Å². The van der Waals surface area contributed by atoms with Crippen molar-refractivity contribution in [2.75, 3.05) is 10.6 Å². The van der Waals surface area contributed by atoms with E-state index in [1.54, 1.807) is 30.3 Å². The monoisotopic (exact) mass is 1190 g/mol. The second-order valence-electron chi connectivity index (χ2n) is 25.7. The Morgan fingerprint density at radius 2 is 1.08 bits per heavy atom. The predicted molar refractivity (Wildman–Crippen MR) is 313 cm³/mol. The minimum atomic E-state index is -3.69. The van der Waals surface area contributed by atoms with Crippen LogP contribution in [0, 0.1) is 19.3 Å². The van der Waals surface area contributed by atoms with E-state index in [0.29, 0.717) is 60.0 Å². The van der Waals surface area contributed by atoms with E-state index in [1.807, 2.05) is 50.2 Å². The number of nitrogens with one attached hydrogen (secondary N) is 3. The van der Waals surface area contributed by atoms with E-state index in [-0.39, 0.29) is 75.5 Å². The van der Waals surface area contributed by atoms with Crippen LogP contribution in [0.15, 0.2) is 109 Å². The van der Waals surface area contributed by atoms with Crippen molar-refractivity contribution >= 4 is 53.5 Å². The van der Waals surface area contributed by atoms with Crippen molar-refractivity contribution in [3.8, 4) is 34.3 Å². The Labute approximate surface area is 496 Å². The Hall–Kier alpha value is -7.26. The number of carbonyl (C=O) groups excluding carboxylic acids is 3. The van der Waals surface area contributed by atoms with E-state index >= 15 is 0 Å². The van der Waals surface area contributed by atoms with Crippen LogP contribution in [0.2, 0.25) is 5.15 Å². The number of hydrogen-bond acceptors (Lipinski definition) is 12. The molecule has 13 rings (SSSR count). The van der Waals surface area contributed by atoms with Gasteiger partial charge in [0.1, 0.15) is 16.8 Å². The van der Waals surface area contributed by atoms with Crippen LogP contribution >= 0.6 is 11.6 Å². The number of halogens is 5. The van der Waals surface area contributed by atoms with Gasteiger partial charge in [-0.15, -0.1) is 17.6 Å². The summed E-state index contributed by atoms with van der Waals surface area (Å²) in [5.74, 6) is 0.195. The highest BCUT2D eigenvalue weighted by molar-refractivity contribution is 6.62. The van der Waals surface area contributed by atoms with Crippen LogP contribution in [0.25, 0.3) is 11.3 Å². The molecule has 0 atom stereocenters. The molecule has 0 radical (unpaired) electrons. The fourth-order valence-electron chi connectivity index (χ4n) is 10.7. The molecule has 0 spiro atoms. The van der Waals surface area contributed by atoms with Crippen molar-refractivity contribution in [1.82, 2.24) is 15.3 Å². The van der Waals surface area contributed by atoms with Crippen LogP contribution in [0.1, 0.15) is 140 Å². The van der Waals surface area contributed by atoms with Gasteiger partial charge in [-0.1, -0.05) is 99.1 Å². The first-order valence-corrected chi connectivity index (χ1v) is 28.9. The lowest BCUT2D eigenvalue weighted by Crippen LogP contribution is -2.41. The standard InChI is InChI=1S/C26H23F2N3O3.C21H32BNO3.C17H13ClF2N2O3/c1-15-5-8-21(30-22(15)16-3-2-4-18(13-16)25(29)11-12-25)31-23(32)24(9-10-24)17-6-7-19-20(14-17)34-26(27,28)33-19;1-18(2,3)14-17(24)23-21(11-12-21)15-9-8-10-16(13-15)22-25-19(4,5)20(6,7)26-22;1-9-2-5-13(21-14(9)18)22-15(23)16(6-7-16)10-3-4-11-12(8-10)25-17(19,20)24-11/h2-8,13-14H,9-12,29H2,1H3,(H,30,31,32);8-10,13H,11-12,14H2,1-7H3,(H,23,24);2-5,8H,6-7H2,1H3,(H,21,22,23). The molecule has 4 aliphatic carbocycles. The lowest BCUT2D eigenvalue weighted by molar-refractivity contribution is -0.287. The molecule has 3 amide bonds. The molecule has 5 fully saturated rings. The molecule has 5 heterocycles. The zero-order valence-electron chi connectivity index (χ0n) is 48.9. The number of aromatic nitrogens is 2. The highest BCUT2D eigenvalue weighted by atomic mass is 35.5. The first kappa shape index (κ1) is 59.5. The van der Waals surface area contributed by atoms with Gasteiger partial charge in [-0.05, 0) is 180 Å². The summed E-state index contributed by atoms with van der Waals surface area (Å²) in [5.41, 5.74) is 11.6. The first-order valence-electron chi connectivity index (χ1n) is 28.5. The fourth-order valence-corrected chi connectivity index (χ4v) is 10.9. The molecule has 4 saturated carbocycles. The zero-order valence-corrected chi connectivity index (χ0v) is 49.6. The van der Waals surface area contributed by atoms with Crippen LogP contribution < -0.4 is 46.1 Å². The van der Waals surface area contributed by atoms with Gasteiger partial charge < -0.3 is 49.9 Å². The van der Waals surface area contributed by atoms with Crippen LogP contribution in [0.5, 0.6) is 23.0 Å². The molecule has 4 aromatic carbocycles. The number of carbonyl (C=O) groups is 3. The number of nitrogens with two attached hydrogens (primary N) is 1. The molecule has 1 saturated heterocycles. The highest BCUT2D eigenvalue weighted by Gasteiger charge is 2.56. The predicted octanol–water partition coefficient (Wildman–Crippen LogP) is 12.6. The summed E-state index contributed by atoms with van der Waals surface area (Å²) in [6, 6.07) is 32.4. The SMILES string of the molecule is CC(C)(C)CC(=O)NC1(c2cccc(B3OC(C)(C)C(C)(C)O3)c2)CC1.Cc1ccc(NC(=O)C2(c3ccc4c(c3)OC(F)(F)O4)CC2)nc1-c1cccc(C2(N)CC2)c1.Cc1ccc(NC(=O)C2(c3ccc4c(c3)OC(F)(F)O4)CC2)nc1Cl. The molecular weight excluding hydrogens is 1120 g/mol. The van der Waals surface area contributed by atoms with Gasteiger partial charge in [-0.3, -0.25) is 14.4 Å². The van der Waals surface area contributed by atoms with Crippen molar-refractivity contribution in [3.05, 3.63) is 148 Å². The van der Waals surface area contributed by atoms with Crippen LogP contribution in [-0.2, 0) is 45.6 Å². The van der Waals surface area contributed by atoms with Gasteiger partial charge in [-0.2, -0.15) is 0 Å². The smallest absolute Gasteiger partial charge is 0.399 e. The third-order valence-corrected chi connectivity index (χ3v) is 17.6. The Kier molecular flexibility index (Phi) is 14.7. The lowest BCUT2D eigenvalue weighted by atomic mass is 9.77.